The van der Waals surface area contributed by atoms with Crippen molar-refractivity contribution in [1.29, 1.82) is 0 Å². The van der Waals surface area contributed by atoms with Gasteiger partial charge in [-0.15, -0.1) is 0 Å². The molecule has 0 amide bonds. The molecule has 1 aromatic rings. The van der Waals surface area contributed by atoms with E-state index in [2.05, 4.69) is 0 Å². The van der Waals surface area contributed by atoms with Crippen LogP contribution in [0.4, 0.5) is 5.69 Å². The van der Waals surface area contributed by atoms with Gasteiger partial charge in [-0.1, -0.05) is 11.6 Å². The first kappa shape index (κ1) is 9.86. The molecular formula is C9H10ClNO2. The van der Waals surface area contributed by atoms with Crippen molar-refractivity contribution in [2.75, 3.05) is 12.8 Å². The third-order valence-electron chi connectivity index (χ3n) is 1.72. The van der Waals surface area contributed by atoms with Gasteiger partial charge in [0.2, 0.25) is 0 Å². The Labute approximate surface area is 81.4 Å². The maximum absolute atomic E-state index is 11.1. The van der Waals surface area contributed by atoms with E-state index >= 15 is 0 Å². The molecular weight excluding hydrogens is 190 g/mol. The number of nitrogens with two attached hydrogens (primary N) is 1. The van der Waals surface area contributed by atoms with Gasteiger partial charge in [-0.05, 0) is 13.0 Å². The molecule has 0 aliphatic heterocycles. The Morgan fingerprint density at radius 3 is 2.62 bits per heavy atom. The number of halogens is 1. The average molecular weight is 200 g/mol. The number of rotatable bonds is 2. The van der Waals surface area contributed by atoms with Gasteiger partial charge >= 0.3 is 0 Å². The van der Waals surface area contributed by atoms with E-state index < -0.39 is 0 Å². The van der Waals surface area contributed by atoms with Gasteiger partial charge in [0.1, 0.15) is 5.75 Å². The van der Waals surface area contributed by atoms with E-state index in [4.69, 9.17) is 22.1 Å². The van der Waals surface area contributed by atoms with Crippen molar-refractivity contribution >= 4 is 23.1 Å². The van der Waals surface area contributed by atoms with Crippen LogP contribution in [0, 0.1) is 0 Å². The van der Waals surface area contributed by atoms with E-state index in [0.29, 0.717) is 22.0 Å². The van der Waals surface area contributed by atoms with Gasteiger partial charge in [-0.3, -0.25) is 4.79 Å². The zero-order chi connectivity index (χ0) is 10.0. The van der Waals surface area contributed by atoms with Gasteiger partial charge in [0, 0.05) is 11.6 Å². The molecule has 0 saturated carbocycles. The fraction of sp³-hybridized carbons (Fsp3) is 0.222. The second kappa shape index (κ2) is 3.66. The van der Waals surface area contributed by atoms with Gasteiger partial charge in [0.15, 0.2) is 5.78 Å². The molecule has 0 heterocycles. The Morgan fingerprint density at radius 2 is 2.15 bits per heavy atom. The summed E-state index contributed by atoms with van der Waals surface area (Å²) in [5, 5.41) is 0.338. The Hall–Kier alpha value is -1.22. The lowest BCUT2D eigenvalue weighted by molar-refractivity contribution is 0.101. The van der Waals surface area contributed by atoms with Crippen molar-refractivity contribution in [3.63, 3.8) is 0 Å². The second-order valence-electron chi connectivity index (χ2n) is 2.63. The van der Waals surface area contributed by atoms with Crippen LogP contribution in [0.15, 0.2) is 12.1 Å². The summed E-state index contributed by atoms with van der Waals surface area (Å²) in [7, 11) is 1.51. The van der Waals surface area contributed by atoms with E-state index in [1.807, 2.05) is 0 Å². The summed E-state index contributed by atoms with van der Waals surface area (Å²) in [6, 6.07) is 3.15. The van der Waals surface area contributed by atoms with Gasteiger partial charge in [0.05, 0.1) is 17.8 Å². The quantitative estimate of drug-likeness (QED) is 0.587. The molecule has 0 unspecified atom stereocenters. The monoisotopic (exact) mass is 199 g/mol. The molecule has 2 N–H and O–H groups in total. The van der Waals surface area contributed by atoms with Crippen LogP contribution in [0.1, 0.15) is 17.3 Å². The number of methoxy groups -OCH3 is 1. The van der Waals surface area contributed by atoms with Crippen LogP contribution in [0.25, 0.3) is 0 Å². The standard InChI is InChI=1S/C9H10ClNO2/c1-5(12)7-3-6(13-2)4-8(10)9(7)11/h3-4H,11H2,1-2H3. The minimum absolute atomic E-state index is 0.127. The lowest BCUT2D eigenvalue weighted by Gasteiger charge is -2.07. The number of ether oxygens (including phenoxy) is 1. The predicted octanol–water partition coefficient (Wildman–Crippen LogP) is 2.13. The normalized spacial score (nSPS) is 9.77. The molecule has 0 spiro atoms. The van der Waals surface area contributed by atoms with E-state index in [-0.39, 0.29) is 5.78 Å². The topological polar surface area (TPSA) is 52.3 Å². The number of carbonyl (C=O) groups excluding carboxylic acids is 1. The Morgan fingerprint density at radius 1 is 1.54 bits per heavy atom. The summed E-state index contributed by atoms with van der Waals surface area (Å²) in [5.41, 5.74) is 6.29. The minimum atomic E-state index is -0.127. The smallest absolute Gasteiger partial charge is 0.162 e. The summed E-state index contributed by atoms with van der Waals surface area (Å²) >= 11 is 5.78. The van der Waals surface area contributed by atoms with Gasteiger partial charge in [-0.25, -0.2) is 0 Å². The first-order valence-corrected chi connectivity index (χ1v) is 4.08. The molecule has 0 fully saturated rings. The van der Waals surface area contributed by atoms with Crippen LogP contribution in [0.2, 0.25) is 5.02 Å². The maximum atomic E-state index is 11.1. The van der Waals surface area contributed by atoms with Crippen molar-refractivity contribution < 1.29 is 9.53 Å². The number of nitrogen functional groups attached to an aromatic ring is 1. The third-order valence-corrected chi connectivity index (χ3v) is 2.03. The minimum Gasteiger partial charge on any atom is -0.497 e. The Balaban J connectivity index is 3.33. The van der Waals surface area contributed by atoms with Crippen LogP contribution >= 0.6 is 11.6 Å². The molecule has 70 valence electrons. The summed E-state index contributed by atoms with van der Waals surface area (Å²) in [6.07, 6.45) is 0. The highest BCUT2D eigenvalue weighted by atomic mass is 35.5. The number of hydrogen-bond acceptors (Lipinski definition) is 3. The molecule has 0 bridgehead atoms. The highest BCUT2D eigenvalue weighted by Gasteiger charge is 2.10. The van der Waals surface area contributed by atoms with Crippen molar-refractivity contribution in [1.82, 2.24) is 0 Å². The van der Waals surface area contributed by atoms with Crippen molar-refractivity contribution in [3.8, 4) is 5.75 Å². The first-order chi connectivity index (χ1) is 6.06. The second-order valence-corrected chi connectivity index (χ2v) is 3.03. The average Bonchev–Trinajstić information content (AvgIpc) is 2.09. The number of benzene rings is 1. The lowest BCUT2D eigenvalue weighted by atomic mass is 10.1. The highest BCUT2D eigenvalue weighted by molar-refractivity contribution is 6.34. The number of carbonyl (C=O) groups is 1. The molecule has 0 atom stereocenters. The fourth-order valence-corrected chi connectivity index (χ4v) is 1.21. The van der Waals surface area contributed by atoms with E-state index in [1.54, 1.807) is 12.1 Å². The number of ketones is 1. The zero-order valence-corrected chi connectivity index (χ0v) is 8.18. The summed E-state index contributed by atoms with van der Waals surface area (Å²) < 4.78 is 4.95. The molecule has 4 heteroatoms. The number of Topliss-reactive ketones (excluding diaryl/α,β-unsaturated/α-hetero) is 1. The van der Waals surface area contributed by atoms with Crippen LogP contribution in [0.5, 0.6) is 5.75 Å². The largest absolute Gasteiger partial charge is 0.497 e. The van der Waals surface area contributed by atoms with Crippen molar-refractivity contribution in [3.05, 3.63) is 22.7 Å². The molecule has 0 aromatic heterocycles. The van der Waals surface area contributed by atoms with Gasteiger partial charge in [0.25, 0.3) is 0 Å². The third kappa shape index (κ3) is 1.92. The predicted molar refractivity (Wildman–Crippen MR) is 52.4 cm³/mol. The van der Waals surface area contributed by atoms with Gasteiger partial charge in [-0.2, -0.15) is 0 Å². The zero-order valence-electron chi connectivity index (χ0n) is 7.43. The molecule has 1 aromatic carbocycles. The van der Waals surface area contributed by atoms with Crippen LogP contribution < -0.4 is 10.5 Å². The molecule has 1 rings (SSSR count). The Kier molecular flexibility index (Phi) is 2.78. The summed E-state index contributed by atoms with van der Waals surface area (Å²) in [5.74, 6) is 0.405. The number of anilines is 1. The highest BCUT2D eigenvalue weighted by Crippen LogP contribution is 2.28. The van der Waals surface area contributed by atoms with E-state index in [9.17, 15) is 4.79 Å². The molecule has 0 aliphatic carbocycles. The van der Waals surface area contributed by atoms with Crippen LogP contribution in [-0.4, -0.2) is 12.9 Å². The van der Waals surface area contributed by atoms with E-state index in [0.717, 1.165) is 0 Å². The summed E-state index contributed by atoms with van der Waals surface area (Å²) in [6.45, 7) is 1.43. The molecule has 3 nitrogen and oxygen atoms in total. The summed E-state index contributed by atoms with van der Waals surface area (Å²) in [4.78, 5) is 11.1. The van der Waals surface area contributed by atoms with E-state index in [1.165, 1.54) is 14.0 Å². The van der Waals surface area contributed by atoms with Gasteiger partial charge < -0.3 is 10.5 Å². The molecule has 13 heavy (non-hydrogen) atoms. The van der Waals surface area contributed by atoms with Crippen molar-refractivity contribution in [2.24, 2.45) is 0 Å². The fourth-order valence-electron chi connectivity index (χ4n) is 1.00. The van der Waals surface area contributed by atoms with Crippen molar-refractivity contribution in [2.45, 2.75) is 6.92 Å². The molecule has 0 saturated heterocycles. The SMILES string of the molecule is COc1cc(Cl)c(N)c(C(C)=O)c1. The molecule has 0 aliphatic rings. The van der Waals surface area contributed by atoms with Crippen LogP contribution in [0.3, 0.4) is 0 Å². The lowest BCUT2D eigenvalue weighted by Crippen LogP contribution is -2.01. The maximum Gasteiger partial charge on any atom is 0.162 e. The Bertz CT molecular complexity index is 350. The first-order valence-electron chi connectivity index (χ1n) is 3.70. The molecule has 0 radical (unpaired) electrons. The van der Waals surface area contributed by atoms with Crippen LogP contribution in [-0.2, 0) is 0 Å². The number of hydrogen-bond donors (Lipinski definition) is 1.